The normalized spacial score (nSPS) is 16.9. The average molecular weight is 361 g/mol. The van der Waals surface area contributed by atoms with Crippen molar-refractivity contribution in [1.82, 2.24) is 10.2 Å². The number of likely N-dealkylation sites (tertiary alicyclic amines) is 1. The zero-order chi connectivity index (χ0) is 18.9. The number of methoxy groups -OCH3 is 2. The Labute approximate surface area is 156 Å². The molecule has 1 saturated heterocycles. The van der Waals surface area contributed by atoms with Gasteiger partial charge < -0.3 is 19.7 Å². The van der Waals surface area contributed by atoms with Crippen LogP contribution < -0.4 is 10.1 Å². The van der Waals surface area contributed by atoms with Gasteiger partial charge in [0, 0.05) is 26.7 Å². The maximum Gasteiger partial charge on any atom is 0.308 e. The first kappa shape index (κ1) is 20.1. The van der Waals surface area contributed by atoms with Gasteiger partial charge in [0.1, 0.15) is 5.75 Å². The average Bonchev–Trinajstić information content (AvgIpc) is 2.70. The second kappa shape index (κ2) is 10.0. The predicted octanol–water partition coefficient (Wildman–Crippen LogP) is 2.65. The molecule has 0 radical (unpaired) electrons. The molecule has 1 aliphatic heterocycles. The Morgan fingerprint density at radius 3 is 2.46 bits per heavy atom. The van der Waals surface area contributed by atoms with Crippen molar-refractivity contribution >= 4 is 11.9 Å². The maximum atomic E-state index is 11.6. The maximum absolute atomic E-state index is 11.6. The summed E-state index contributed by atoms with van der Waals surface area (Å²) in [6, 6.07) is 8.25. The molecule has 1 aliphatic rings. The Kier molecular flexibility index (Phi) is 7.75. The third-order valence-corrected chi connectivity index (χ3v) is 5.09. The SMILES string of the molecule is CN=C(NCCC(C)c1ccc(OC)cc1)N1CCC(C(=O)OC)CC1. The van der Waals surface area contributed by atoms with E-state index in [9.17, 15) is 4.79 Å². The molecule has 0 bridgehead atoms. The number of piperidine rings is 1. The topological polar surface area (TPSA) is 63.2 Å². The van der Waals surface area contributed by atoms with Crippen molar-refractivity contribution in [2.45, 2.75) is 32.1 Å². The molecule has 0 amide bonds. The van der Waals surface area contributed by atoms with Gasteiger partial charge in [0.05, 0.1) is 20.1 Å². The number of nitrogens with zero attached hydrogens (tertiary/aromatic N) is 2. The van der Waals surface area contributed by atoms with Crippen molar-refractivity contribution in [3.05, 3.63) is 29.8 Å². The monoisotopic (exact) mass is 361 g/mol. The number of hydrogen-bond donors (Lipinski definition) is 1. The number of rotatable bonds is 6. The number of carbonyl (C=O) groups is 1. The summed E-state index contributed by atoms with van der Waals surface area (Å²) in [6.45, 7) is 4.74. The molecule has 1 atom stereocenters. The summed E-state index contributed by atoms with van der Waals surface area (Å²) in [4.78, 5) is 18.3. The van der Waals surface area contributed by atoms with Crippen LogP contribution in [0.15, 0.2) is 29.3 Å². The van der Waals surface area contributed by atoms with E-state index < -0.39 is 0 Å². The molecule has 1 aromatic rings. The number of esters is 1. The molecule has 6 nitrogen and oxygen atoms in total. The zero-order valence-electron chi connectivity index (χ0n) is 16.3. The molecule has 0 aliphatic carbocycles. The highest BCUT2D eigenvalue weighted by Gasteiger charge is 2.26. The minimum Gasteiger partial charge on any atom is -0.497 e. The van der Waals surface area contributed by atoms with E-state index in [1.807, 2.05) is 19.2 Å². The number of aliphatic imine (C=N–C) groups is 1. The number of guanidine groups is 1. The van der Waals surface area contributed by atoms with E-state index in [1.54, 1.807) is 7.11 Å². The quantitative estimate of drug-likeness (QED) is 0.479. The first-order valence-corrected chi connectivity index (χ1v) is 9.26. The third kappa shape index (κ3) is 5.38. The molecule has 1 aromatic carbocycles. The second-order valence-corrected chi connectivity index (χ2v) is 6.72. The Bertz CT molecular complexity index is 593. The lowest BCUT2D eigenvalue weighted by atomic mass is 9.97. The van der Waals surface area contributed by atoms with Gasteiger partial charge in [0.25, 0.3) is 0 Å². The van der Waals surface area contributed by atoms with Crippen LogP contribution in [0.4, 0.5) is 0 Å². The van der Waals surface area contributed by atoms with Crippen LogP contribution in [0.2, 0.25) is 0 Å². The Morgan fingerprint density at radius 2 is 1.92 bits per heavy atom. The van der Waals surface area contributed by atoms with Crippen LogP contribution in [0.25, 0.3) is 0 Å². The minimum atomic E-state index is -0.0964. The van der Waals surface area contributed by atoms with Gasteiger partial charge in [-0.2, -0.15) is 0 Å². The molecule has 0 saturated carbocycles. The smallest absolute Gasteiger partial charge is 0.308 e. The summed E-state index contributed by atoms with van der Waals surface area (Å²) in [5.74, 6) is 2.17. The van der Waals surface area contributed by atoms with Crippen molar-refractivity contribution in [3.8, 4) is 5.75 Å². The van der Waals surface area contributed by atoms with Gasteiger partial charge in [-0.1, -0.05) is 19.1 Å². The molecule has 1 heterocycles. The lowest BCUT2D eigenvalue weighted by Crippen LogP contribution is -2.47. The number of benzene rings is 1. The molecule has 144 valence electrons. The van der Waals surface area contributed by atoms with Crippen LogP contribution in [0.3, 0.4) is 0 Å². The van der Waals surface area contributed by atoms with Crippen LogP contribution in [-0.4, -0.2) is 57.7 Å². The van der Waals surface area contributed by atoms with E-state index >= 15 is 0 Å². The molecule has 26 heavy (non-hydrogen) atoms. The number of carbonyl (C=O) groups excluding carboxylic acids is 1. The molecule has 6 heteroatoms. The number of hydrogen-bond acceptors (Lipinski definition) is 4. The molecule has 1 fully saturated rings. The predicted molar refractivity (Wildman–Crippen MR) is 104 cm³/mol. The molecule has 2 rings (SSSR count). The summed E-state index contributed by atoms with van der Waals surface area (Å²) >= 11 is 0. The highest BCUT2D eigenvalue weighted by molar-refractivity contribution is 5.80. The van der Waals surface area contributed by atoms with E-state index in [0.29, 0.717) is 5.92 Å². The molecule has 1 unspecified atom stereocenters. The van der Waals surface area contributed by atoms with E-state index in [1.165, 1.54) is 12.7 Å². The van der Waals surface area contributed by atoms with Gasteiger partial charge in [-0.25, -0.2) is 0 Å². The van der Waals surface area contributed by atoms with Crippen LogP contribution in [0.1, 0.15) is 37.7 Å². The summed E-state index contributed by atoms with van der Waals surface area (Å²) in [5.41, 5.74) is 1.31. The number of ether oxygens (including phenoxy) is 2. The van der Waals surface area contributed by atoms with Crippen LogP contribution in [0.5, 0.6) is 5.75 Å². The fourth-order valence-corrected chi connectivity index (χ4v) is 3.33. The molecule has 0 aromatic heterocycles. The van der Waals surface area contributed by atoms with E-state index in [4.69, 9.17) is 9.47 Å². The van der Waals surface area contributed by atoms with Crippen molar-refractivity contribution < 1.29 is 14.3 Å². The van der Waals surface area contributed by atoms with Gasteiger partial charge in [-0.15, -0.1) is 0 Å². The fourth-order valence-electron chi connectivity index (χ4n) is 3.33. The van der Waals surface area contributed by atoms with Crippen LogP contribution in [-0.2, 0) is 9.53 Å². The van der Waals surface area contributed by atoms with E-state index in [0.717, 1.165) is 50.6 Å². The first-order chi connectivity index (χ1) is 12.6. The van der Waals surface area contributed by atoms with E-state index in [2.05, 4.69) is 34.3 Å². The molecular weight excluding hydrogens is 330 g/mol. The lowest BCUT2D eigenvalue weighted by Gasteiger charge is -2.33. The Hall–Kier alpha value is -2.24. The number of nitrogens with one attached hydrogen (secondary N) is 1. The van der Waals surface area contributed by atoms with Gasteiger partial charge in [-0.3, -0.25) is 9.79 Å². The third-order valence-electron chi connectivity index (χ3n) is 5.09. The van der Waals surface area contributed by atoms with Gasteiger partial charge in [-0.05, 0) is 42.9 Å². The Balaban J connectivity index is 1.77. The molecular formula is C20H31N3O3. The van der Waals surface area contributed by atoms with Gasteiger partial charge in [0.2, 0.25) is 0 Å². The summed E-state index contributed by atoms with van der Waals surface area (Å²) in [5, 5.41) is 3.46. The van der Waals surface area contributed by atoms with Gasteiger partial charge >= 0.3 is 5.97 Å². The van der Waals surface area contributed by atoms with Crippen LogP contribution >= 0.6 is 0 Å². The van der Waals surface area contributed by atoms with Crippen LogP contribution in [0, 0.1) is 5.92 Å². The van der Waals surface area contributed by atoms with Crippen molar-refractivity contribution in [3.63, 3.8) is 0 Å². The first-order valence-electron chi connectivity index (χ1n) is 9.26. The lowest BCUT2D eigenvalue weighted by molar-refractivity contribution is -0.146. The minimum absolute atomic E-state index is 0.0180. The molecule has 1 N–H and O–H groups in total. The summed E-state index contributed by atoms with van der Waals surface area (Å²) in [7, 11) is 4.95. The summed E-state index contributed by atoms with van der Waals surface area (Å²) in [6.07, 6.45) is 2.65. The van der Waals surface area contributed by atoms with Crippen molar-refractivity contribution in [1.29, 1.82) is 0 Å². The van der Waals surface area contributed by atoms with Crippen molar-refractivity contribution in [2.75, 3.05) is 40.9 Å². The molecule has 0 spiro atoms. The Morgan fingerprint density at radius 1 is 1.27 bits per heavy atom. The van der Waals surface area contributed by atoms with Crippen molar-refractivity contribution in [2.24, 2.45) is 10.9 Å². The standard InChI is InChI=1S/C20H31N3O3/c1-15(16-5-7-18(25-3)8-6-16)9-12-22-20(21-2)23-13-10-17(11-14-23)19(24)26-4/h5-8,15,17H,9-14H2,1-4H3,(H,21,22). The van der Waals surface area contributed by atoms with Gasteiger partial charge in [0.15, 0.2) is 5.96 Å². The highest BCUT2D eigenvalue weighted by atomic mass is 16.5. The largest absolute Gasteiger partial charge is 0.497 e. The highest BCUT2D eigenvalue weighted by Crippen LogP contribution is 2.22. The van der Waals surface area contributed by atoms with E-state index in [-0.39, 0.29) is 11.9 Å². The zero-order valence-corrected chi connectivity index (χ0v) is 16.3. The summed E-state index contributed by atoms with van der Waals surface area (Å²) < 4.78 is 10.1. The fraction of sp³-hybridized carbons (Fsp3) is 0.600. The second-order valence-electron chi connectivity index (χ2n) is 6.72.